The standard InChI is InChI=1S/C20H16N2O/c21-20-19-9-5-4-6-15(19)14-22(20)16-10-12-18(13-11-16)23-17-7-2-1-3-8-17/h1-13,21H,14H2. The minimum Gasteiger partial charge on any atom is -0.457 e. The molecule has 0 aromatic heterocycles. The Bertz CT molecular complexity index is 841. The van der Waals surface area contributed by atoms with Gasteiger partial charge in [0.05, 0.1) is 6.54 Å². The summed E-state index contributed by atoms with van der Waals surface area (Å²) >= 11 is 0. The maximum absolute atomic E-state index is 8.35. The number of benzene rings is 3. The normalized spacial score (nSPS) is 13.0. The number of ether oxygens (including phenoxy) is 1. The van der Waals surface area contributed by atoms with Gasteiger partial charge in [-0.1, -0.05) is 42.5 Å². The van der Waals surface area contributed by atoms with Crippen molar-refractivity contribution in [3.63, 3.8) is 0 Å². The quantitative estimate of drug-likeness (QED) is 0.752. The zero-order chi connectivity index (χ0) is 15.6. The van der Waals surface area contributed by atoms with Crippen LogP contribution in [0.4, 0.5) is 5.69 Å². The van der Waals surface area contributed by atoms with E-state index >= 15 is 0 Å². The molecule has 0 aliphatic carbocycles. The summed E-state index contributed by atoms with van der Waals surface area (Å²) in [6, 6.07) is 25.7. The van der Waals surface area contributed by atoms with Crippen LogP contribution in [0.2, 0.25) is 0 Å². The summed E-state index contributed by atoms with van der Waals surface area (Å²) in [6.45, 7) is 0.744. The highest BCUT2D eigenvalue weighted by atomic mass is 16.5. The van der Waals surface area contributed by atoms with Crippen LogP contribution in [0.3, 0.4) is 0 Å². The molecule has 23 heavy (non-hydrogen) atoms. The molecule has 0 saturated carbocycles. The fraction of sp³-hybridized carbons (Fsp3) is 0.0500. The van der Waals surface area contributed by atoms with Crippen LogP contribution in [0.25, 0.3) is 0 Å². The Balaban J connectivity index is 1.54. The predicted molar refractivity (Wildman–Crippen MR) is 92.4 cm³/mol. The lowest BCUT2D eigenvalue weighted by atomic mass is 10.1. The first kappa shape index (κ1) is 13.6. The molecule has 3 aromatic carbocycles. The van der Waals surface area contributed by atoms with E-state index in [9.17, 15) is 0 Å². The molecule has 1 aliphatic rings. The number of hydrogen-bond donors (Lipinski definition) is 1. The number of amidine groups is 1. The molecule has 0 saturated heterocycles. The van der Waals surface area contributed by atoms with E-state index in [1.54, 1.807) is 0 Å². The lowest BCUT2D eigenvalue weighted by Crippen LogP contribution is -2.22. The van der Waals surface area contributed by atoms with E-state index in [0.29, 0.717) is 5.84 Å². The van der Waals surface area contributed by atoms with Gasteiger partial charge in [0, 0.05) is 11.3 Å². The average molecular weight is 300 g/mol. The molecule has 1 N–H and O–H groups in total. The van der Waals surface area contributed by atoms with E-state index in [2.05, 4.69) is 6.07 Å². The molecule has 0 amide bonds. The smallest absolute Gasteiger partial charge is 0.133 e. The van der Waals surface area contributed by atoms with Gasteiger partial charge >= 0.3 is 0 Å². The third-order valence-corrected chi connectivity index (χ3v) is 4.00. The number of hydrogen-bond acceptors (Lipinski definition) is 2. The number of rotatable bonds is 3. The van der Waals surface area contributed by atoms with Gasteiger partial charge in [-0.05, 0) is 42.0 Å². The van der Waals surface area contributed by atoms with Crippen molar-refractivity contribution in [3.05, 3.63) is 90.0 Å². The maximum Gasteiger partial charge on any atom is 0.133 e. The Labute approximate surface area is 135 Å². The summed E-state index contributed by atoms with van der Waals surface area (Å²) in [5, 5.41) is 8.35. The van der Waals surface area contributed by atoms with E-state index in [1.807, 2.05) is 77.7 Å². The molecule has 112 valence electrons. The van der Waals surface area contributed by atoms with Crippen LogP contribution < -0.4 is 9.64 Å². The first-order chi connectivity index (χ1) is 11.3. The first-order valence-electron chi connectivity index (χ1n) is 7.58. The zero-order valence-corrected chi connectivity index (χ0v) is 12.6. The summed E-state index contributed by atoms with van der Waals surface area (Å²) < 4.78 is 5.81. The molecule has 3 aromatic rings. The fourth-order valence-corrected chi connectivity index (χ4v) is 2.82. The Morgan fingerprint density at radius 3 is 2.13 bits per heavy atom. The Morgan fingerprint density at radius 1 is 0.739 bits per heavy atom. The van der Waals surface area contributed by atoms with Gasteiger partial charge in [-0.3, -0.25) is 5.41 Å². The highest BCUT2D eigenvalue weighted by Crippen LogP contribution is 2.30. The third-order valence-electron chi connectivity index (χ3n) is 4.00. The lowest BCUT2D eigenvalue weighted by Gasteiger charge is -2.18. The highest BCUT2D eigenvalue weighted by Gasteiger charge is 2.24. The van der Waals surface area contributed by atoms with E-state index in [1.165, 1.54) is 5.56 Å². The Hall–Kier alpha value is -3.07. The molecule has 0 spiro atoms. The van der Waals surface area contributed by atoms with Gasteiger partial charge in [-0.15, -0.1) is 0 Å². The van der Waals surface area contributed by atoms with Crippen molar-refractivity contribution in [2.45, 2.75) is 6.54 Å². The number of fused-ring (bicyclic) bond motifs is 1. The molecular formula is C20H16N2O. The van der Waals surface area contributed by atoms with Crippen LogP contribution in [-0.4, -0.2) is 5.84 Å². The summed E-state index contributed by atoms with van der Waals surface area (Å²) in [6.07, 6.45) is 0. The molecule has 3 nitrogen and oxygen atoms in total. The molecule has 4 rings (SSSR count). The number of nitrogens with zero attached hydrogens (tertiary/aromatic N) is 1. The minimum absolute atomic E-state index is 0.553. The lowest BCUT2D eigenvalue weighted by molar-refractivity contribution is 0.483. The maximum atomic E-state index is 8.35. The zero-order valence-electron chi connectivity index (χ0n) is 12.6. The molecule has 1 aliphatic heterocycles. The third kappa shape index (κ3) is 2.57. The van der Waals surface area contributed by atoms with E-state index < -0.39 is 0 Å². The van der Waals surface area contributed by atoms with Gasteiger partial charge in [0.1, 0.15) is 17.3 Å². The molecule has 1 heterocycles. The van der Waals surface area contributed by atoms with Crippen molar-refractivity contribution < 1.29 is 4.74 Å². The molecule has 0 bridgehead atoms. The van der Waals surface area contributed by atoms with Crippen LogP contribution in [0, 0.1) is 5.41 Å². The first-order valence-corrected chi connectivity index (χ1v) is 7.58. The minimum atomic E-state index is 0.553. The van der Waals surface area contributed by atoms with Gasteiger partial charge in [0.25, 0.3) is 0 Å². The van der Waals surface area contributed by atoms with Crippen molar-refractivity contribution >= 4 is 11.5 Å². The van der Waals surface area contributed by atoms with Crippen molar-refractivity contribution in [1.29, 1.82) is 5.41 Å². The van der Waals surface area contributed by atoms with Crippen molar-refractivity contribution in [3.8, 4) is 11.5 Å². The number of nitrogens with one attached hydrogen (secondary N) is 1. The Morgan fingerprint density at radius 2 is 1.39 bits per heavy atom. The average Bonchev–Trinajstić information content (AvgIpc) is 2.94. The van der Waals surface area contributed by atoms with E-state index in [4.69, 9.17) is 10.1 Å². The largest absolute Gasteiger partial charge is 0.457 e. The van der Waals surface area contributed by atoms with Crippen molar-refractivity contribution in [2.24, 2.45) is 0 Å². The number of para-hydroxylation sites is 1. The monoisotopic (exact) mass is 300 g/mol. The summed E-state index contributed by atoms with van der Waals surface area (Å²) in [5.74, 6) is 2.17. The second-order valence-corrected chi connectivity index (χ2v) is 5.50. The van der Waals surface area contributed by atoms with Crippen LogP contribution in [0.1, 0.15) is 11.1 Å². The topological polar surface area (TPSA) is 36.3 Å². The van der Waals surface area contributed by atoms with Gasteiger partial charge in [0.15, 0.2) is 0 Å². The van der Waals surface area contributed by atoms with Crippen molar-refractivity contribution in [2.75, 3.05) is 4.90 Å². The molecule has 0 radical (unpaired) electrons. The number of anilines is 1. The molecule has 0 atom stereocenters. The predicted octanol–water partition coefficient (Wildman–Crippen LogP) is 4.82. The van der Waals surface area contributed by atoms with Gasteiger partial charge in [0.2, 0.25) is 0 Å². The van der Waals surface area contributed by atoms with E-state index in [0.717, 1.165) is 29.3 Å². The SMILES string of the molecule is N=C1c2ccccc2CN1c1ccc(Oc2ccccc2)cc1. The second-order valence-electron chi connectivity index (χ2n) is 5.50. The summed E-state index contributed by atoms with van der Waals surface area (Å²) in [5.41, 5.74) is 3.21. The van der Waals surface area contributed by atoms with Crippen LogP contribution in [0.5, 0.6) is 11.5 Å². The van der Waals surface area contributed by atoms with Gasteiger partial charge < -0.3 is 9.64 Å². The van der Waals surface area contributed by atoms with Gasteiger partial charge in [-0.2, -0.15) is 0 Å². The summed E-state index contributed by atoms with van der Waals surface area (Å²) in [4.78, 5) is 2.01. The van der Waals surface area contributed by atoms with E-state index in [-0.39, 0.29) is 0 Å². The van der Waals surface area contributed by atoms with Crippen molar-refractivity contribution in [1.82, 2.24) is 0 Å². The van der Waals surface area contributed by atoms with Gasteiger partial charge in [-0.25, -0.2) is 0 Å². The van der Waals surface area contributed by atoms with Crippen LogP contribution >= 0.6 is 0 Å². The molecule has 3 heteroatoms. The van der Waals surface area contributed by atoms with Crippen LogP contribution in [0.15, 0.2) is 78.9 Å². The molecule has 0 unspecified atom stereocenters. The van der Waals surface area contributed by atoms with Crippen LogP contribution in [-0.2, 0) is 6.54 Å². The molecular weight excluding hydrogens is 284 g/mol. The fourth-order valence-electron chi connectivity index (χ4n) is 2.82. The second kappa shape index (κ2) is 5.61. The Kier molecular flexibility index (Phi) is 3.31. The molecule has 0 fully saturated rings. The highest BCUT2D eigenvalue weighted by molar-refractivity contribution is 6.11. The summed E-state index contributed by atoms with van der Waals surface area (Å²) in [7, 11) is 0.